The van der Waals surface area contributed by atoms with Gasteiger partial charge in [-0.1, -0.05) is 14.9 Å². The van der Waals surface area contributed by atoms with Crippen LogP contribution in [0.3, 0.4) is 0 Å². The first-order chi connectivity index (χ1) is 22.5. The van der Waals surface area contributed by atoms with Crippen molar-refractivity contribution in [2.24, 2.45) is 4.99 Å². The Morgan fingerprint density at radius 1 is 0.735 bits per heavy atom. The molecule has 0 atom stereocenters. The number of carbonyl (C=O) groups excluding carboxylic acids is 2. The second-order valence-electron chi connectivity index (χ2n) is 9.23. The van der Waals surface area contributed by atoms with Gasteiger partial charge < -0.3 is 43.9 Å². The minimum absolute atomic E-state index is 0. The lowest BCUT2D eigenvalue weighted by Crippen LogP contribution is -2.05. The number of pyridine rings is 1. The normalized spacial score (nSPS) is 9.92. The number of aromatic amines is 1. The number of rotatable bonds is 9. The number of hydrogen-bond donors (Lipinski definition) is 2. The van der Waals surface area contributed by atoms with Gasteiger partial charge in [0, 0.05) is 42.3 Å². The van der Waals surface area contributed by atoms with E-state index in [0.29, 0.717) is 70.1 Å². The van der Waals surface area contributed by atoms with Gasteiger partial charge in [0.15, 0.2) is 17.2 Å². The van der Waals surface area contributed by atoms with E-state index in [1.165, 1.54) is 27.4 Å². The second-order valence-corrected chi connectivity index (χ2v) is 9.23. The van der Waals surface area contributed by atoms with E-state index in [4.69, 9.17) is 34.2 Å². The summed E-state index contributed by atoms with van der Waals surface area (Å²) in [5.41, 5.74) is 7.80. The Labute approximate surface area is 287 Å². The van der Waals surface area contributed by atoms with E-state index in [9.17, 15) is 14.4 Å². The molecular weight excluding hydrogens is 634 g/mol. The highest BCUT2D eigenvalue weighted by atomic mass is 16.5. The zero-order valence-corrected chi connectivity index (χ0v) is 27.8. The molecule has 3 N–H and O–H groups in total. The number of carbonyl (C=O) groups is 2. The maximum Gasteiger partial charge on any atom is 0.340 e. The number of fused-ring (bicyclic) bond motifs is 1. The average Bonchev–Trinajstić information content (AvgIpc) is 3.08. The lowest BCUT2D eigenvalue weighted by Gasteiger charge is -2.08. The van der Waals surface area contributed by atoms with Crippen molar-refractivity contribution in [3.05, 3.63) is 82.0 Å². The van der Waals surface area contributed by atoms with Gasteiger partial charge in [-0.25, -0.2) is 14.6 Å². The molecule has 4 rings (SSSR count). The third-order valence-corrected chi connectivity index (χ3v) is 6.22. The highest BCUT2D eigenvalue weighted by Crippen LogP contribution is 2.26. The number of ether oxygens (including phenoxy) is 7. The smallest absolute Gasteiger partial charge is 0.340 e. The van der Waals surface area contributed by atoms with Crippen molar-refractivity contribution in [2.45, 2.75) is 35.6 Å². The average molecular weight is 684 g/mol. The van der Waals surface area contributed by atoms with Crippen molar-refractivity contribution in [3.8, 4) is 23.1 Å². The van der Waals surface area contributed by atoms with Crippen molar-refractivity contribution in [1.29, 1.82) is 0 Å². The van der Waals surface area contributed by atoms with Crippen LogP contribution in [-0.2, 0) is 14.2 Å². The van der Waals surface area contributed by atoms with E-state index in [2.05, 4.69) is 14.7 Å². The summed E-state index contributed by atoms with van der Waals surface area (Å²) in [7, 11) is 7.32. The summed E-state index contributed by atoms with van der Waals surface area (Å²) in [6.45, 7) is 6.50. The molecule has 13 nitrogen and oxygen atoms in total. The minimum atomic E-state index is -0.444. The maximum absolute atomic E-state index is 11.7. The van der Waals surface area contributed by atoms with Crippen LogP contribution in [0.2, 0.25) is 0 Å². The number of nitrogens with zero attached hydrogens (tertiary/aromatic N) is 1. The number of nitrogens with two attached hydrogens (primary N) is 1. The van der Waals surface area contributed by atoms with Crippen LogP contribution in [0.1, 0.15) is 56.3 Å². The number of methoxy groups -OCH3 is 5. The molecule has 1 heterocycles. The van der Waals surface area contributed by atoms with Crippen molar-refractivity contribution in [1.82, 2.24) is 4.98 Å². The van der Waals surface area contributed by atoms with Crippen LogP contribution in [0.4, 0.5) is 11.4 Å². The Kier molecular flexibility index (Phi) is 19.4. The van der Waals surface area contributed by atoms with Crippen LogP contribution in [0, 0.1) is 0 Å². The molecule has 1 aromatic heterocycles. The van der Waals surface area contributed by atoms with Crippen LogP contribution >= 0.6 is 0 Å². The number of nitrogens with one attached hydrogen (secondary N) is 1. The fourth-order valence-corrected chi connectivity index (χ4v) is 3.96. The first-order valence-corrected chi connectivity index (χ1v) is 14.4. The van der Waals surface area contributed by atoms with Crippen molar-refractivity contribution in [3.63, 3.8) is 0 Å². The third kappa shape index (κ3) is 12.8. The standard InChI is InChI=1S/C13H17NO4.C12H13NO3.C9H11NO3.2CH4/c1-5-18-9(2)14-12-8-10(16-3)6-7-11(12)13(15)17-4;1-3-16-12-7-11(14)9-5-4-8(15-2)6-10(9)13-12;1-12-6-3-4-7(8(10)5-6)9(11)13-2;;/h6-8H,5H2,1-4H3;4-7H,3H2,1-2H3,(H,13,14);3-5H,10H2,1-2H3;2*1H4. The summed E-state index contributed by atoms with van der Waals surface area (Å²) in [5.74, 6) is 2.01. The van der Waals surface area contributed by atoms with Crippen LogP contribution < -0.4 is 30.1 Å². The van der Waals surface area contributed by atoms with E-state index < -0.39 is 11.9 Å². The predicted molar refractivity (Wildman–Crippen MR) is 193 cm³/mol. The second kappa shape index (κ2) is 22.0. The number of hydrogen-bond acceptors (Lipinski definition) is 12. The molecule has 0 aliphatic heterocycles. The molecule has 4 aromatic rings. The Morgan fingerprint density at radius 3 is 1.80 bits per heavy atom. The van der Waals surface area contributed by atoms with Gasteiger partial charge in [-0.05, 0) is 50.2 Å². The summed E-state index contributed by atoms with van der Waals surface area (Å²) in [6.07, 6.45) is 0. The zero-order valence-electron chi connectivity index (χ0n) is 27.8. The highest BCUT2D eigenvalue weighted by Gasteiger charge is 2.13. The molecule has 0 saturated heterocycles. The summed E-state index contributed by atoms with van der Waals surface area (Å²) in [6, 6.07) is 16.5. The first kappa shape index (κ1) is 43.3. The molecule has 0 aliphatic rings. The quantitative estimate of drug-likeness (QED) is 0.0819. The fourth-order valence-electron chi connectivity index (χ4n) is 3.96. The van der Waals surface area contributed by atoms with E-state index >= 15 is 0 Å². The maximum atomic E-state index is 11.7. The predicted octanol–water partition coefficient (Wildman–Crippen LogP) is 6.84. The molecule has 3 aromatic carbocycles. The molecule has 0 bridgehead atoms. The number of nitrogen functional groups attached to an aromatic ring is 1. The summed E-state index contributed by atoms with van der Waals surface area (Å²) in [4.78, 5) is 41.7. The fraction of sp³-hybridized carbons (Fsp3) is 0.333. The zero-order chi connectivity index (χ0) is 34.9. The van der Waals surface area contributed by atoms with Gasteiger partial charge in [0.1, 0.15) is 17.2 Å². The van der Waals surface area contributed by atoms with Crippen LogP contribution in [0.15, 0.2) is 70.5 Å². The summed E-state index contributed by atoms with van der Waals surface area (Å²) < 4.78 is 34.9. The Morgan fingerprint density at radius 2 is 1.27 bits per heavy atom. The van der Waals surface area contributed by atoms with Gasteiger partial charge in [-0.3, -0.25) is 4.79 Å². The highest BCUT2D eigenvalue weighted by molar-refractivity contribution is 5.96. The molecule has 13 heteroatoms. The van der Waals surface area contributed by atoms with Gasteiger partial charge >= 0.3 is 11.9 Å². The molecule has 0 aliphatic carbocycles. The molecule has 0 fully saturated rings. The first-order valence-electron chi connectivity index (χ1n) is 14.4. The van der Waals surface area contributed by atoms with E-state index in [0.717, 1.165) is 5.52 Å². The number of aromatic nitrogens is 1. The van der Waals surface area contributed by atoms with Gasteiger partial charge in [0.25, 0.3) is 0 Å². The van der Waals surface area contributed by atoms with Gasteiger partial charge in [0.2, 0.25) is 0 Å². The molecule has 0 saturated carbocycles. The minimum Gasteiger partial charge on any atom is -0.497 e. The van der Waals surface area contributed by atoms with Crippen LogP contribution in [0.25, 0.3) is 10.9 Å². The molecule has 0 radical (unpaired) electrons. The number of H-pyrrole nitrogens is 1. The Balaban J connectivity index is 0.000000699. The summed E-state index contributed by atoms with van der Waals surface area (Å²) >= 11 is 0. The SMILES string of the molecule is C.C.CCOC(C)=Nc1cc(OC)ccc1C(=O)OC.CCOc1cc(=O)c2ccc(OC)cc2[nH]1.COC(=O)c1ccc(OC)cc1N. The number of benzene rings is 3. The van der Waals surface area contributed by atoms with Crippen molar-refractivity contribution >= 4 is 40.1 Å². The van der Waals surface area contributed by atoms with E-state index in [1.807, 2.05) is 13.8 Å². The molecule has 0 unspecified atom stereocenters. The van der Waals surface area contributed by atoms with Crippen LogP contribution in [0.5, 0.6) is 23.1 Å². The number of aliphatic imine (C=N–C) groups is 1. The van der Waals surface area contributed by atoms with Crippen molar-refractivity contribution in [2.75, 3.05) is 54.5 Å². The Bertz CT molecular complexity index is 1730. The molecular formula is C36H49N3O10. The number of esters is 2. The largest absolute Gasteiger partial charge is 0.497 e. The molecule has 268 valence electrons. The monoisotopic (exact) mass is 683 g/mol. The summed E-state index contributed by atoms with van der Waals surface area (Å²) in [5, 5.41) is 0.629. The van der Waals surface area contributed by atoms with E-state index in [1.54, 1.807) is 75.7 Å². The lowest BCUT2D eigenvalue weighted by atomic mass is 10.1. The third-order valence-electron chi connectivity index (χ3n) is 6.22. The van der Waals surface area contributed by atoms with Crippen molar-refractivity contribution < 1.29 is 42.7 Å². The Hall–Kier alpha value is -5.72. The lowest BCUT2D eigenvalue weighted by molar-refractivity contribution is 0.0592. The number of anilines is 1. The van der Waals surface area contributed by atoms with Gasteiger partial charge in [-0.2, -0.15) is 0 Å². The molecule has 0 amide bonds. The van der Waals surface area contributed by atoms with Gasteiger partial charge in [-0.15, -0.1) is 0 Å². The van der Waals surface area contributed by atoms with Gasteiger partial charge in [0.05, 0.1) is 71.1 Å². The molecule has 49 heavy (non-hydrogen) atoms. The topological polar surface area (TPSA) is 170 Å². The molecule has 0 spiro atoms. The van der Waals surface area contributed by atoms with Crippen LogP contribution in [-0.4, -0.2) is 71.6 Å². The van der Waals surface area contributed by atoms with E-state index in [-0.39, 0.29) is 20.3 Å².